The largest absolute Gasteiger partial charge is 0.404 e. The summed E-state index contributed by atoms with van der Waals surface area (Å²) in [4.78, 5) is 10.2. The second-order valence-corrected chi connectivity index (χ2v) is 7.49. The summed E-state index contributed by atoms with van der Waals surface area (Å²) >= 11 is 0. The van der Waals surface area contributed by atoms with Crippen LogP contribution in [0.1, 0.15) is 19.0 Å². The van der Waals surface area contributed by atoms with Gasteiger partial charge in [0.05, 0.1) is 61.1 Å². The molecule has 0 aliphatic heterocycles. The minimum Gasteiger partial charge on any atom is -0.404 e. The number of hydrogen-bond acceptors (Lipinski definition) is 7. The average Bonchev–Trinajstić information content (AvgIpc) is 3.40. The highest BCUT2D eigenvalue weighted by Gasteiger charge is 2.32. The molecule has 0 fully saturated rings. The molecule has 0 spiro atoms. The Bertz CT molecular complexity index is 1180. The van der Waals surface area contributed by atoms with E-state index in [0.29, 0.717) is 22.5 Å². The van der Waals surface area contributed by atoms with E-state index in [9.17, 15) is 13.2 Å². The van der Waals surface area contributed by atoms with Gasteiger partial charge in [0.2, 0.25) is 0 Å². The number of nitriles is 1. The number of aromatic nitrogens is 5. The summed E-state index contributed by atoms with van der Waals surface area (Å²) in [7, 11) is 1.80. The monoisotopic (exact) mass is 459 g/mol. The Morgan fingerprint density at radius 3 is 2.79 bits per heavy atom. The SMILES string of the molecule is CC(CC#N)N(CCN=C/C(=C\N)c1nc(-c2cnn(C)c2)cn2nccc12)CC(F)(F)F. The zero-order valence-electron chi connectivity index (χ0n) is 18.2. The lowest BCUT2D eigenvalue weighted by atomic mass is 10.1. The van der Waals surface area contributed by atoms with E-state index >= 15 is 0 Å². The van der Waals surface area contributed by atoms with E-state index in [-0.39, 0.29) is 19.5 Å². The highest BCUT2D eigenvalue weighted by molar-refractivity contribution is 6.11. The van der Waals surface area contributed by atoms with Crippen LogP contribution in [0.15, 0.2) is 42.0 Å². The predicted molar refractivity (Wildman–Crippen MR) is 118 cm³/mol. The Balaban J connectivity index is 1.80. The molecule has 174 valence electrons. The third-order valence-electron chi connectivity index (χ3n) is 4.98. The van der Waals surface area contributed by atoms with Crippen molar-refractivity contribution in [1.29, 1.82) is 5.26 Å². The lowest BCUT2D eigenvalue weighted by Gasteiger charge is -2.27. The van der Waals surface area contributed by atoms with Gasteiger partial charge >= 0.3 is 6.18 Å². The molecule has 0 aliphatic rings. The number of fused-ring (bicyclic) bond motifs is 1. The van der Waals surface area contributed by atoms with Crippen LogP contribution in [0.4, 0.5) is 13.2 Å². The number of aliphatic imine (C=N–C) groups is 1. The van der Waals surface area contributed by atoms with Crippen LogP contribution >= 0.6 is 0 Å². The van der Waals surface area contributed by atoms with Gasteiger partial charge in [-0.25, -0.2) is 9.50 Å². The first-order valence-electron chi connectivity index (χ1n) is 10.1. The van der Waals surface area contributed by atoms with Crippen LogP contribution < -0.4 is 5.73 Å². The maximum Gasteiger partial charge on any atom is 0.401 e. The van der Waals surface area contributed by atoms with Crippen molar-refractivity contribution in [3.8, 4) is 17.3 Å². The second-order valence-electron chi connectivity index (χ2n) is 7.49. The first-order chi connectivity index (χ1) is 15.7. The van der Waals surface area contributed by atoms with Crippen molar-refractivity contribution in [3.05, 3.63) is 42.7 Å². The molecule has 9 nitrogen and oxygen atoms in total. The molecule has 0 saturated carbocycles. The maximum absolute atomic E-state index is 12.9. The molecule has 3 heterocycles. The van der Waals surface area contributed by atoms with E-state index in [1.165, 1.54) is 17.3 Å². The molecule has 0 bridgehead atoms. The number of halogens is 3. The van der Waals surface area contributed by atoms with Crippen molar-refractivity contribution in [3.63, 3.8) is 0 Å². The molecule has 0 aromatic carbocycles. The summed E-state index contributed by atoms with van der Waals surface area (Å²) in [5, 5.41) is 17.3. The lowest BCUT2D eigenvalue weighted by molar-refractivity contribution is -0.149. The molecule has 1 unspecified atom stereocenters. The van der Waals surface area contributed by atoms with Crippen molar-refractivity contribution < 1.29 is 13.2 Å². The number of allylic oxidation sites excluding steroid dienone is 1. The number of hydrogen-bond donors (Lipinski definition) is 1. The Morgan fingerprint density at radius 2 is 2.15 bits per heavy atom. The molecule has 0 amide bonds. The molecule has 3 aromatic heterocycles. The summed E-state index contributed by atoms with van der Waals surface area (Å²) in [5.74, 6) is 0. The van der Waals surface area contributed by atoms with E-state index in [1.54, 1.807) is 47.8 Å². The van der Waals surface area contributed by atoms with Crippen LogP contribution in [0.3, 0.4) is 0 Å². The van der Waals surface area contributed by atoms with Gasteiger partial charge in [-0.2, -0.15) is 28.6 Å². The van der Waals surface area contributed by atoms with Crippen LogP contribution in [-0.4, -0.2) is 67.3 Å². The van der Waals surface area contributed by atoms with Gasteiger partial charge in [-0.05, 0) is 13.0 Å². The summed E-state index contributed by atoms with van der Waals surface area (Å²) in [6.45, 7) is 0.632. The Morgan fingerprint density at radius 1 is 1.36 bits per heavy atom. The van der Waals surface area contributed by atoms with Gasteiger partial charge in [-0.15, -0.1) is 0 Å². The zero-order valence-corrected chi connectivity index (χ0v) is 18.2. The van der Waals surface area contributed by atoms with Crippen molar-refractivity contribution in [2.75, 3.05) is 19.6 Å². The Kier molecular flexibility index (Phi) is 7.44. The number of alkyl halides is 3. The molecule has 12 heteroatoms. The molecule has 2 N–H and O–H groups in total. The van der Waals surface area contributed by atoms with E-state index in [4.69, 9.17) is 16.0 Å². The molecule has 0 saturated heterocycles. The average molecular weight is 459 g/mol. The quantitative estimate of drug-likeness (QED) is 0.492. The molecule has 0 aliphatic carbocycles. The molecular formula is C21H24F3N9. The topological polar surface area (TPSA) is 113 Å². The molecule has 3 rings (SSSR count). The second kappa shape index (κ2) is 10.3. The number of nitrogens with zero attached hydrogens (tertiary/aromatic N) is 8. The first-order valence-corrected chi connectivity index (χ1v) is 10.1. The lowest BCUT2D eigenvalue weighted by Crippen LogP contribution is -2.41. The minimum absolute atomic E-state index is 0.00199. The van der Waals surface area contributed by atoms with Gasteiger partial charge in [0.1, 0.15) is 0 Å². The Hall–Kier alpha value is -3.72. The molecule has 33 heavy (non-hydrogen) atoms. The molecule has 0 radical (unpaired) electrons. The normalized spacial score (nSPS) is 13.8. The maximum atomic E-state index is 12.9. The summed E-state index contributed by atoms with van der Waals surface area (Å²) in [6.07, 6.45) is 5.37. The fraction of sp³-hybridized carbons (Fsp3) is 0.381. The fourth-order valence-electron chi connectivity index (χ4n) is 3.31. The smallest absolute Gasteiger partial charge is 0.401 e. The van der Waals surface area contributed by atoms with Crippen molar-refractivity contribution in [2.45, 2.75) is 25.6 Å². The van der Waals surface area contributed by atoms with Crippen molar-refractivity contribution >= 4 is 17.3 Å². The molecule has 3 aromatic rings. The zero-order chi connectivity index (χ0) is 24.0. The van der Waals surface area contributed by atoms with E-state index in [1.807, 2.05) is 12.3 Å². The summed E-state index contributed by atoms with van der Waals surface area (Å²) in [5.41, 5.74) is 8.99. The van der Waals surface area contributed by atoms with Crippen LogP contribution in [0, 0.1) is 11.3 Å². The van der Waals surface area contributed by atoms with Crippen LogP contribution in [0.5, 0.6) is 0 Å². The van der Waals surface area contributed by atoms with Crippen molar-refractivity contribution in [1.82, 2.24) is 29.3 Å². The van der Waals surface area contributed by atoms with Gasteiger partial charge in [0.15, 0.2) is 0 Å². The summed E-state index contributed by atoms with van der Waals surface area (Å²) < 4.78 is 42.0. The summed E-state index contributed by atoms with van der Waals surface area (Å²) in [6, 6.07) is 3.15. The highest BCUT2D eigenvalue weighted by Crippen LogP contribution is 2.23. The van der Waals surface area contributed by atoms with Crippen molar-refractivity contribution in [2.24, 2.45) is 17.8 Å². The highest BCUT2D eigenvalue weighted by atomic mass is 19.4. The van der Waals surface area contributed by atoms with E-state index < -0.39 is 18.8 Å². The van der Waals surface area contributed by atoms with E-state index in [0.717, 1.165) is 5.56 Å². The van der Waals surface area contributed by atoms with Gasteiger partial charge in [0, 0.05) is 49.4 Å². The predicted octanol–water partition coefficient (Wildman–Crippen LogP) is 2.67. The molecule has 1 atom stereocenters. The van der Waals surface area contributed by atoms with Crippen LogP contribution in [0.25, 0.3) is 22.3 Å². The first kappa shape index (κ1) is 23.9. The van der Waals surface area contributed by atoms with E-state index in [2.05, 4.69) is 15.2 Å². The third-order valence-corrected chi connectivity index (χ3v) is 4.98. The fourth-order valence-corrected chi connectivity index (χ4v) is 3.31. The van der Waals surface area contributed by atoms with Crippen LogP contribution in [0.2, 0.25) is 0 Å². The number of rotatable bonds is 9. The van der Waals surface area contributed by atoms with Gasteiger partial charge in [0.25, 0.3) is 0 Å². The third kappa shape index (κ3) is 6.17. The van der Waals surface area contributed by atoms with Gasteiger partial charge < -0.3 is 5.73 Å². The number of aryl methyl sites for hydroxylation is 1. The minimum atomic E-state index is -4.36. The Labute approximate surface area is 188 Å². The number of nitrogens with two attached hydrogens (primary N) is 1. The van der Waals surface area contributed by atoms with Gasteiger partial charge in [-0.1, -0.05) is 0 Å². The standard InChI is InChI=1S/C21H24F3N9/c1-15(3-5-25)32(14-21(22,23)24)8-7-27-10-16(9-26)20-19-4-6-28-33(19)13-18(30-20)17-11-29-31(2)12-17/h4,6,9-13,15H,3,7-8,14,26H2,1-2H3/b16-9+,27-10?. The van der Waals surface area contributed by atoms with Crippen LogP contribution in [-0.2, 0) is 7.05 Å². The van der Waals surface area contributed by atoms with Gasteiger partial charge in [-0.3, -0.25) is 14.6 Å². The molecular weight excluding hydrogens is 435 g/mol.